The molecule has 0 spiro atoms. The number of nitro groups is 1. The van der Waals surface area contributed by atoms with Crippen molar-refractivity contribution in [1.82, 2.24) is 5.32 Å². The Morgan fingerprint density at radius 1 is 1.40 bits per heavy atom. The van der Waals surface area contributed by atoms with Crippen molar-refractivity contribution in [2.45, 2.75) is 12.8 Å². The van der Waals surface area contributed by atoms with Crippen LogP contribution in [0.3, 0.4) is 0 Å². The van der Waals surface area contributed by atoms with Crippen LogP contribution >= 0.6 is 0 Å². The summed E-state index contributed by atoms with van der Waals surface area (Å²) in [4.78, 5) is 10.00. The molecule has 20 heavy (non-hydrogen) atoms. The fourth-order valence-electron chi connectivity index (χ4n) is 1.38. The number of nitro benzene ring substituents is 1. The molecule has 1 aliphatic heterocycles. The summed E-state index contributed by atoms with van der Waals surface area (Å²) < 4.78 is 21.9. The molecule has 2 rings (SSSR count). The van der Waals surface area contributed by atoms with Crippen molar-refractivity contribution in [2.24, 2.45) is 0 Å². The van der Waals surface area contributed by atoms with Crippen LogP contribution in [0.25, 0.3) is 0 Å². The second kappa shape index (κ2) is 7.20. The SMILES string of the molecule is C1CNC1.CS(=O)(=O)CCc1ccc(N)c([N+](=O)[O-])c1. The summed E-state index contributed by atoms with van der Waals surface area (Å²) in [6.45, 7) is 2.50. The van der Waals surface area contributed by atoms with Crippen LogP contribution in [0, 0.1) is 10.1 Å². The van der Waals surface area contributed by atoms with E-state index in [2.05, 4.69) is 5.32 Å². The van der Waals surface area contributed by atoms with Gasteiger partial charge < -0.3 is 11.1 Å². The number of nitrogens with zero attached hydrogens (tertiary/aromatic N) is 1. The van der Waals surface area contributed by atoms with Crippen LogP contribution in [0.1, 0.15) is 12.0 Å². The first-order valence-electron chi connectivity index (χ1n) is 6.21. The van der Waals surface area contributed by atoms with Gasteiger partial charge in [0.1, 0.15) is 15.5 Å². The predicted octanol–water partition coefficient (Wildman–Crippen LogP) is 0.744. The van der Waals surface area contributed by atoms with Crippen LogP contribution in [0.4, 0.5) is 11.4 Å². The van der Waals surface area contributed by atoms with Gasteiger partial charge in [-0.3, -0.25) is 10.1 Å². The lowest BCUT2D eigenvalue weighted by Crippen LogP contribution is -2.29. The second-order valence-electron chi connectivity index (χ2n) is 4.63. The Morgan fingerprint density at radius 3 is 2.35 bits per heavy atom. The van der Waals surface area contributed by atoms with E-state index in [1.54, 1.807) is 6.07 Å². The second-order valence-corrected chi connectivity index (χ2v) is 6.89. The number of nitrogens with two attached hydrogens (primary N) is 1. The third-order valence-electron chi connectivity index (χ3n) is 2.76. The number of benzene rings is 1. The molecule has 0 bridgehead atoms. The average molecular weight is 301 g/mol. The molecule has 8 heteroatoms. The van der Waals surface area contributed by atoms with Crippen molar-refractivity contribution in [3.8, 4) is 0 Å². The maximum absolute atomic E-state index is 10.9. The highest BCUT2D eigenvalue weighted by Gasteiger charge is 2.12. The first-order valence-corrected chi connectivity index (χ1v) is 8.27. The lowest BCUT2D eigenvalue weighted by atomic mass is 10.1. The minimum absolute atomic E-state index is 0.0337. The fraction of sp³-hybridized carbons (Fsp3) is 0.500. The van der Waals surface area contributed by atoms with E-state index in [1.807, 2.05) is 0 Å². The molecule has 0 unspecified atom stereocenters. The molecule has 0 radical (unpaired) electrons. The molecule has 1 aromatic rings. The first kappa shape index (κ1) is 16.4. The molecule has 1 saturated heterocycles. The highest BCUT2D eigenvalue weighted by molar-refractivity contribution is 7.90. The monoisotopic (exact) mass is 301 g/mol. The Kier molecular flexibility index (Phi) is 5.90. The zero-order valence-corrected chi connectivity index (χ0v) is 12.1. The molecule has 0 aromatic heterocycles. The molecule has 0 amide bonds. The maximum atomic E-state index is 10.9. The largest absolute Gasteiger partial charge is 0.393 e. The number of nitrogens with one attached hydrogen (secondary N) is 1. The first-order chi connectivity index (χ1) is 9.29. The zero-order valence-electron chi connectivity index (χ0n) is 11.3. The van der Waals surface area contributed by atoms with Crippen molar-refractivity contribution < 1.29 is 13.3 Å². The summed E-state index contributed by atoms with van der Waals surface area (Å²) in [5.74, 6) is -0.0337. The summed E-state index contributed by atoms with van der Waals surface area (Å²) in [6, 6.07) is 4.31. The van der Waals surface area contributed by atoms with E-state index in [4.69, 9.17) is 5.73 Å². The Labute approximate surface area is 118 Å². The lowest BCUT2D eigenvalue weighted by Gasteiger charge is -2.09. The smallest absolute Gasteiger partial charge is 0.292 e. The standard InChI is InChI=1S/C9H12N2O4S.C3H7N/c1-16(14,15)5-4-7-2-3-8(10)9(6-7)11(12)13;1-2-4-3-1/h2-3,6H,4-5,10H2,1H3;4H,1-3H2. The summed E-state index contributed by atoms with van der Waals surface area (Å²) in [5.41, 5.74) is 5.89. The molecule has 7 nitrogen and oxygen atoms in total. The fourth-order valence-corrected chi connectivity index (χ4v) is 1.99. The lowest BCUT2D eigenvalue weighted by molar-refractivity contribution is -0.383. The van der Waals surface area contributed by atoms with Crippen molar-refractivity contribution in [2.75, 3.05) is 30.8 Å². The molecule has 0 saturated carbocycles. The predicted molar refractivity (Wildman–Crippen MR) is 78.4 cm³/mol. The van der Waals surface area contributed by atoms with E-state index in [9.17, 15) is 18.5 Å². The molecular formula is C12H19N3O4S. The maximum Gasteiger partial charge on any atom is 0.292 e. The number of hydrogen-bond donors (Lipinski definition) is 2. The van der Waals surface area contributed by atoms with Gasteiger partial charge in [-0.05, 0) is 37.6 Å². The van der Waals surface area contributed by atoms with Gasteiger partial charge in [0.25, 0.3) is 5.69 Å². The van der Waals surface area contributed by atoms with Gasteiger partial charge >= 0.3 is 0 Å². The molecule has 0 atom stereocenters. The van der Waals surface area contributed by atoms with E-state index in [0.29, 0.717) is 5.56 Å². The number of sulfone groups is 1. The molecule has 112 valence electrons. The van der Waals surface area contributed by atoms with E-state index in [1.165, 1.54) is 31.6 Å². The van der Waals surface area contributed by atoms with Gasteiger partial charge in [0.15, 0.2) is 0 Å². The highest BCUT2D eigenvalue weighted by atomic mass is 32.2. The Hall–Kier alpha value is -1.67. The zero-order chi connectivity index (χ0) is 15.2. The third kappa shape index (κ3) is 5.98. The molecular weight excluding hydrogens is 282 g/mol. The molecule has 0 aliphatic carbocycles. The number of anilines is 1. The minimum atomic E-state index is -3.07. The van der Waals surface area contributed by atoms with Gasteiger partial charge in [-0.1, -0.05) is 6.07 Å². The van der Waals surface area contributed by atoms with Gasteiger partial charge in [0, 0.05) is 12.3 Å². The number of nitrogen functional groups attached to an aromatic ring is 1. The average Bonchev–Trinajstić information content (AvgIpc) is 2.24. The van der Waals surface area contributed by atoms with Crippen LogP contribution in [0.2, 0.25) is 0 Å². The van der Waals surface area contributed by atoms with E-state index in [0.717, 1.165) is 6.26 Å². The third-order valence-corrected chi connectivity index (χ3v) is 3.71. The number of rotatable bonds is 4. The quantitative estimate of drug-likeness (QED) is 0.481. The van der Waals surface area contributed by atoms with E-state index >= 15 is 0 Å². The Balaban J connectivity index is 0.000000425. The summed E-state index contributed by atoms with van der Waals surface area (Å²) >= 11 is 0. The van der Waals surface area contributed by atoms with E-state index in [-0.39, 0.29) is 23.5 Å². The van der Waals surface area contributed by atoms with Gasteiger partial charge in [0.05, 0.1) is 10.7 Å². The molecule has 1 heterocycles. The van der Waals surface area contributed by atoms with Gasteiger partial charge in [0.2, 0.25) is 0 Å². The van der Waals surface area contributed by atoms with Crippen molar-refractivity contribution in [1.29, 1.82) is 0 Å². The van der Waals surface area contributed by atoms with Gasteiger partial charge in [-0.15, -0.1) is 0 Å². The summed E-state index contributed by atoms with van der Waals surface area (Å²) in [5, 5.41) is 13.7. The Morgan fingerprint density at radius 2 is 1.95 bits per heavy atom. The van der Waals surface area contributed by atoms with Gasteiger partial charge in [-0.2, -0.15) is 0 Å². The molecule has 1 fully saturated rings. The number of hydrogen-bond acceptors (Lipinski definition) is 6. The molecule has 1 aromatic carbocycles. The van der Waals surface area contributed by atoms with Crippen LogP contribution in [-0.2, 0) is 16.3 Å². The number of aryl methyl sites for hydroxylation is 1. The minimum Gasteiger partial charge on any atom is -0.393 e. The van der Waals surface area contributed by atoms with Crippen LogP contribution in [0.15, 0.2) is 18.2 Å². The van der Waals surface area contributed by atoms with Crippen LogP contribution < -0.4 is 11.1 Å². The molecule has 3 N–H and O–H groups in total. The van der Waals surface area contributed by atoms with E-state index < -0.39 is 14.8 Å². The highest BCUT2D eigenvalue weighted by Crippen LogP contribution is 2.22. The van der Waals surface area contributed by atoms with Crippen LogP contribution in [-0.4, -0.2) is 38.4 Å². The Bertz CT molecular complexity index is 564. The van der Waals surface area contributed by atoms with Crippen molar-refractivity contribution in [3.63, 3.8) is 0 Å². The topological polar surface area (TPSA) is 115 Å². The van der Waals surface area contributed by atoms with Crippen molar-refractivity contribution in [3.05, 3.63) is 33.9 Å². The molecule has 1 aliphatic rings. The van der Waals surface area contributed by atoms with Gasteiger partial charge in [-0.25, -0.2) is 8.42 Å². The summed E-state index contributed by atoms with van der Waals surface area (Å²) in [7, 11) is -3.07. The van der Waals surface area contributed by atoms with Crippen molar-refractivity contribution >= 4 is 21.2 Å². The normalized spacial score (nSPS) is 13.8. The summed E-state index contributed by atoms with van der Waals surface area (Å²) in [6.07, 6.45) is 2.76. The van der Waals surface area contributed by atoms with Crippen LogP contribution in [0.5, 0.6) is 0 Å².